The number of rotatable bonds is 10. The van der Waals surface area contributed by atoms with Crippen molar-refractivity contribution in [3.05, 3.63) is 65.2 Å². The van der Waals surface area contributed by atoms with E-state index >= 15 is 0 Å². The van der Waals surface area contributed by atoms with Crippen molar-refractivity contribution in [2.24, 2.45) is 0 Å². The van der Waals surface area contributed by atoms with Crippen LogP contribution in [0, 0.1) is 6.92 Å². The molecule has 0 fully saturated rings. The maximum Gasteiger partial charge on any atom is 0.416 e. The molecule has 2 rings (SSSR count). The molecular weight excluding hydrogens is 495 g/mol. The number of amides is 2. The van der Waals surface area contributed by atoms with E-state index < -0.39 is 46.2 Å². The fourth-order valence-electron chi connectivity index (χ4n) is 3.51. The molecule has 0 saturated carbocycles. The summed E-state index contributed by atoms with van der Waals surface area (Å²) in [6.45, 7) is 6.34. The number of hydrogen-bond donors (Lipinski definition) is 1. The van der Waals surface area contributed by atoms with Gasteiger partial charge < -0.3 is 10.2 Å². The number of aryl methyl sites for hydroxylation is 1. The number of nitrogens with one attached hydrogen (secondary N) is 1. The van der Waals surface area contributed by atoms with Crippen LogP contribution in [-0.2, 0) is 32.3 Å². The van der Waals surface area contributed by atoms with Gasteiger partial charge in [-0.2, -0.15) is 13.2 Å². The van der Waals surface area contributed by atoms with Crippen LogP contribution in [0.5, 0.6) is 0 Å². The molecule has 11 heteroatoms. The zero-order valence-electron chi connectivity index (χ0n) is 21.0. The van der Waals surface area contributed by atoms with Gasteiger partial charge in [-0.3, -0.25) is 13.9 Å². The lowest BCUT2D eigenvalue weighted by molar-refractivity contribution is -0.139. The Morgan fingerprint density at radius 3 is 2.25 bits per heavy atom. The quantitative estimate of drug-likeness (QED) is 0.504. The predicted molar refractivity (Wildman–Crippen MR) is 133 cm³/mol. The minimum atomic E-state index is -4.69. The standard InChI is InChI=1S/C25H32F3N3O4S/c1-6-18(3)29-24(33)19(4)30(15-20-10-7-9-17(2)13-20)23(32)16-31(36(5,34)35)22-12-8-11-21(14-22)25(26,27)28/h7-14,18-19H,6,15-16H2,1-5H3,(H,29,33)/t18-,19-/m1/s1. The Kier molecular flexibility index (Phi) is 9.53. The third-order valence-corrected chi connectivity index (χ3v) is 6.88. The van der Waals surface area contributed by atoms with Gasteiger partial charge in [0.15, 0.2) is 0 Å². The topological polar surface area (TPSA) is 86.8 Å². The minimum absolute atomic E-state index is 0.00972. The van der Waals surface area contributed by atoms with Crippen molar-refractivity contribution in [1.29, 1.82) is 0 Å². The van der Waals surface area contributed by atoms with Crippen LogP contribution in [0.1, 0.15) is 43.9 Å². The van der Waals surface area contributed by atoms with E-state index in [9.17, 15) is 31.2 Å². The highest BCUT2D eigenvalue weighted by Gasteiger charge is 2.33. The van der Waals surface area contributed by atoms with Crippen molar-refractivity contribution in [3.63, 3.8) is 0 Å². The Morgan fingerprint density at radius 2 is 1.69 bits per heavy atom. The van der Waals surface area contributed by atoms with Gasteiger partial charge in [-0.25, -0.2) is 8.42 Å². The van der Waals surface area contributed by atoms with Crippen LogP contribution in [0.25, 0.3) is 0 Å². The zero-order chi connectivity index (χ0) is 27.3. The lowest BCUT2D eigenvalue weighted by Crippen LogP contribution is -2.52. The molecule has 2 amide bonds. The normalized spacial score (nSPS) is 13.6. The molecule has 2 aromatic rings. The summed E-state index contributed by atoms with van der Waals surface area (Å²) in [5.74, 6) is -1.15. The number of alkyl halides is 3. The van der Waals surface area contributed by atoms with Crippen molar-refractivity contribution < 1.29 is 31.2 Å². The van der Waals surface area contributed by atoms with Crippen molar-refractivity contribution in [2.75, 3.05) is 17.1 Å². The Bertz CT molecular complexity index is 1190. The van der Waals surface area contributed by atoms with E-state index in [1.54, 1.807) is 12.1 Å². The number of halogens is 3. The third-order valence-electron chi connectivity index (χ3n) is 5.74. The smallest absolute Gasteiger partial charge is 0.352 e. The lowest BCUT2D eigenvalue weighted by atomic mass is 10.1. The van der Waals surface area contributed by atoms with Gasteiger partial charge in [-0.1, -0.05) is 42.8 Å². The molecule has 0 aliphatic carbocycles. The van der Waals surface area contributed by atoms with Gasteiger partial charge in [-0.05, 0) is 51.0 Å². The molecule has 198 valence electrons. The largest absolute Gasteiger partial charge is 0.416 e. The molecule has 2 aromatic carbocycles. The van der Waals surface area contributed by atoms with Crippen LogP contribution < -0.4 is 9.62 Å². The Hall–Kier alpha value is -3.08. The fourth-order valence-corrected chi connectivity index (χ4v) is 4.35. The number of sulfonamides is 1. The fraction of sp³-hybridized carbons (Fsp3) is 0.440. The second kappa shape index (κ2) is 11.8. The van der Waals surface area contributed by atoms with Gasteiger partial charge in [0, 0.05) is 12.6 Å². The molecule has 0 saturated heterocycles. The van der Waals surface area contributed by atoms with E-state index in [2.05, 4.69) is 5.32 Å². The molecule has 0 bridgehead atoms. The molecule has 0 unspecified atom stereocenters. The van der Waals surface area contributed by atoms with Crippen molar-refractivity contribution in [1.82, 2.24) is 10.2 Å². The van der Waals surface area contributed by atoms with Crippen molar-refractivity contribution in [3.8, 4) is 0 Å². The summed E-state index contributed by atoms with van der Waals surface area (Å²) in [6, 6.07) is 9.92. The van der Waals surface area contributed by atoms with Gasteiger partial charge in [0.2, 0.25) is 21.8 Å². The molecule has 0 aromatic heterocycles. The van der Waals surface area contributed by atoms with Gasteiger partial charge in [0.05, 0.1) is 17.5 Å². The highest BCUT2D eigenvalue weighted by atomic mass is 32.2. The monoisotopic (exact) mass is 527 g/mol. The maximum atomic E-state index is 13.5. The van der Waals surface area contributed by atoms with E-state index in [-0.39, 0.29) is 18.3 Å². The molecule has 0 aliphatic rings. The average Bonchev–Trinajstić information content (AvgIpc) is 2.79. The average molecular weight is 528 g/mol. The highest BCUT2D eigenvalue weighted by molar-refractivity contribution is 7.92. The minimum Gasteiger partial charge on any atom is -0.352 e. The van der Waals surface area contributed by atoms with Crippen LogP contribution in [0.15, 0.2) is 48.5 Å². The van der Waals surface area contributed by atoms with E-state index in [1.165, 1.54) is 17.9 Å². The van der Waals surface area contributed by atoms with Crippen molar-refractivity contribution in [2.45, 2.75) is 58.9 Å². The van der Waals surface area contributed by atoms with Crippen LogP contribution in [0.3, 0.4) is 0 Å². The summed E-state index contributed by atoms with van der Waals surface area (Å²) >= 11 is 0. The summed E-state index contributed by atoms with van der Waals surface area (Å²) in [4.78, 5) is 27.6. The molecule has 1 N–H and O–H groups in total. The lowest BCUT2D eigenvalue weighted by Gasteiger charge is -2.32. The number of carbonyl (C=O) groups excluding carboxylic acids is 2. The van der Waals surface area contributed by atoms with Gasteiger partial charge in [-0.15, -0.1) is 0 Å². The van der Waals surface area contributed by atoms with Gasteiger partial charge >= 0.3 is 6.18 Å². The Balaban J connectivity index is 2.44. The number of nitrogens with zero attached hydrogens (tertiary/aromatic N) is 2. The zero-order valence-corrected chi connectivity index (χ0v) is 21.8. The summed E-state index contributed by atoms with van der Waals surface area (Å²) in [6.07, 6.45) is -3.21. The van der Waals surface area contributed by atoms with E-state index in [1.807, 2.05) is 32.9 Å². The highest BCUT2D eigenvalue weighted by Crippen LogP contribution is 2.32. The van der Waals surface area contributed by atoms with Crippen LogP contribution in [0.2, 0.25) is 0 Å². The van der Waals surface area contributed by atoms with Gasteiger partial charge in [0.1, 0.15) is 12.6 Å². The molecule has 36 heavy (non-hydrogen) atoms. The first-order valence-corrected chi connectivity index (χ1v) is 13.3. The Labute approximate surface area is 210 Å². The number of hydrogen-bond acceptors (Lipinski definition) is 4. The summed E-state index contributed by atoms with van der Waals surface area (Å²) in [5, 5.41) is 2.81. The second-order valence-electron chi connectivity index (χ2n) is 8.82. The molecule has 0 heterocycles. The Morgan fingerprint density at radius 1 is 1.06 bits per heavy atom. The molecule has 0 aliphatic heterocycles. The number of benzene rings is 2. The molecule has 0 spiro atoms. The molecule has 2 atom stereocenters. The SMILES string of the molecule is CC[C@@H](C)NC(=O)[C@@H](C)N(Cc1cccc(C)c1)C(=O)CN(c1cccc(C(F)(F)F)c1)S(C)(=O)=O. The van der Waals surface area contributed by atoms with Crippen LogP contribution in [-0.4, -0.2) is 50.0 Å². The first kappa shape index (κ1) is 29.2. The van der Waals surface area contributed by atoms with Crippen LogP contribution in [0.4, 0.5) is 18.9 Å². The van der Waals surface area contributed by atoms with Crippen LogP contribution >= 0.6 is 0 Å². The maximum absolute atomic E-state index is 13.5. The van der Waals surface area contributed by atoms with Gasteiger partial charge in [0.25, 0.3) is 0 Å². The van der Waals surface area contributed by atoms with E-state index in [0.29, 0.717) is 16.8 Å². The molecular formula is C25H32F3N3O4S. The number of carbonyl (C=O) groups is 2. The van der Waals surface area contributed by atoms with E-state index in [0.717, 1.165) is 29.5 Å². The summed E-state index contributed by atoms with van der Waals surface area (Å²) < 4.78 is 65.4. The van der Waals surface area contributed by atoms with Crippen molar-refractivity contribution >= 4 is 27.5 Å². The first-order valence-electron chi connectivity index (χ1n) is 11.4. The number of anilines is 1. The van der Waals surface area contributed by atoms with E-state index in [4.69, 9.17) is 0 Å². The predicted octanol–water partition coefficient (Wildman–Crippen LogP) is 4.11. The summed E-state index contributed by atoms with van der Waals surface area (Å²) in [7, 11) is -4.14. The third kappa shape index (κ3) is 7.97. The summed E-state index contributed by atoms with van der Waals surface area (Å²) in [5.41, 5.74) is 0.307. The second-order valence-corrected chi connectivity index (χ2v) is 10.7. The molecule has 0 radical (unpaired) electrons. The molecule has 7 nitrogen and oxygen atoms in total. The first-order chi connectivity index (χ1) is 16.6.